The summed E-state index contributed by atoms with van der Waals surface area (Å²) in [4.78, 5) is 18.5. The first kappa shape index (κ1) is 13.3. The number of hydrogen-bond acceptors (Lipinski definition) is 2. The molecular weight excluding hydrogens is 260 g/mol. The molecule has 0 aliphatic rings. The summed E-state index contributed by atoms with van der Waals surface area (Å²) in [6.45, 7) is 0.551. The average Bonchev–Trinajstić information content (AvgIpc) is 2.54. The normalized spacial score (nSPS) is 10.5. The van der Waals surface area contributed by atoms with Crippen LogP contribution in [0.4, 0.5) is 0 Å². The topological polar surface area (TPSA) is 33.2 Å². The lowest BCUT2D eigenvalue weighted by molar-refractivity contribution is 0.0787. The Balaban J connectivity index is 1.90. The Bertz CT molecular complexity index is 763. The zero-order chi connectivity index (χ0) is 14.7. The van der Waals surface area contributed by atoms with E-state index in [2.05, 4.69) is 4.98 Å². The minimum absolute atomic E-state index is 0.0238. The summed E-state index contributed by atoms with van der Waals surface area (Å²) in [5.41, 5.74) is 1.76. The van der Waals surface area contributed by atoms with Crippen molar-refractivity contribution in [3.05, 3.63) is 78.1 Å². The van der Waals surface area contributed by atoms with E-state index in [0.29, 0.717) is 6.54 Å². The van der Waals surface area contributed by atoms with E-state index in [4.69, 9.17) is 0 Å². The standard InChI is InChI=1S/C18H16N2O/c1-20(13-14-6-5-11-19-12-14)18(21)17-10-4-8-15-7-2-3-9-16(15)17/h2-12H,13H2,1H3. The van der Waals surface area contributed by atoms with Crippen molar-refractivity contribution in [2.45, 2.75) is 6.54 Å². The fraction of sp³-hybridized carbons (Fsp3) is 0.111. The Kier molecular flexibility index (Phi) is 3.65. The molecule has 0 aliphatic heterocycles. The highest BCUT2D eigenvalue weighted by molar-refractivity contribution is 6.06. The zero-order valence-corrected chi connectivity index (χ0v) is 11.9. The van der Waals surface area contributed by atoms with E-state index in [1.807, 2.05) is 61.6 Å². The number of rotatable bonds is 3. The largest absolute Gasteiger partial charge is 0.337 e. The lowest BCUT2D eigenvalue weighted by Gasteiger charge is -2.18. The Morgan fingerprint density at radius 2 is 1.86 bits per heavy atom. The van der Waals surface area contributed by atoms with Crippen molar-refractivity contribution >= 4 is 16.7 Å². The van der Waals surface area contributed by atoms with E-state index in [1.54, 1.807) is 17.3 Å². The van der Waals surface area contributed by atoms with Crippen LogP contribution in [0, 0.1) is 0 Å². The van der Waals surface area contributed by atoms with Crippen LogP contribution in [0.15, 0.2) is 67.0 Å². The van der Waals surface area contributed by atoms with Crippen LogP contribution in [0.25, 0.3) is 10.8 Å². The van der Waals surface area contributed by atoms with Gasteiger partial charge in [0.25, 0.3) is 5.91 Å². The van der Waals surface area contributed by atoms with Crippen molar-refractivity contribution < 1.29 is 4.79 Å². The average molecular weight is 276 g/mol. The van der Waals surface area contributed by atoms with Crippen molar-refractivity contribution in [2.24, 2.45) is 0 Å². The van der Waals surface area contributed by atoms with E-state index in [0.717, 1.165) is 21.9 Å². The second-order valence-corrected chi connectivity index (χ2v) is 5.05. The Morgan fingerprint density at radius 1 is 1.05 bits per heavy atom. The van der Waals surface area contributed by atoms with Gasteiger partial charge >= 0.3 is 0 Å². The SMILES string of the molecule is CN(Cc1cccnc1)C(=O)c1cccc2ccccc12. The van der Waals surface area contributed by atoms with Gasteiger partial charge in [0.2, 0.25) is 0 Å². The molecule has 0 saturated heterocycles. The summed E-state index contributed by atoms with van der Waals surface area (Å²) in [6.07, 6.45) is 3.52. The van der Waals surface area contributed by atoms with Gasteiger partial charge in [0, 0.05) is 31.5 Å². The van der Waals surface area contributed by atoms with Gasteiger partial charge in [-0.25, -0.2) is 0 Å². The smallest absolute Gasteiger partial charge is 0.254 e. The summed E-state index contributed by atoms with van der Waals surface area (Å²) >= 11 is 0. The molecule has 1 heterocycles. The van der Waals surface area contributed by atoms with E-state index < -0.39 is 0 Å². The highest BCUT2D eigenvalue weighted by atomic mass is 16.2. The fourth-order valence-electron chi connectivity index (χ4n) is 2.45. The van der Waals surface area contributed by atoms with Gasteiger partial charge in [-0.15, -0.1) is 0 Å². The van der Waals surface area contributed by atoms with Crippen LogP contribution in [-0.2, 0) is 6.54 Å². The molecule has 3 aromatic rings. The van der Waals surface area contributed by atoms with Crippen LogP contribution in [0.2, 0.25) is 0 Å². The number of nitrogens with zero attached hydrogens (tertiary/aromatic N) is 2. The molecule has 0 bridgehead atoms. The van der Waals surface area contributed by atoms with Crippen LogP contribution < -0.4 is 0 Å². The van der Waals surface area contributed by atoms with Gasteiger partial charge in [0.05, 0.1) is 0 Å². The first-order valence-corrected chi connectivity index (χ1v) is 6.88. The molecule has 3 heteroatoms. The lowest BCUT2D eigenvalue weighted by atomic mass is 10.0. The first-order valence-electron chi connectivity index (χ1n) is 6.88. The monoisotopic (exact) mass is 276 g/mol. The highest BCUT2D eigenvalue weighted by Crippen LogP contribution is 2.20. The Hall–Kier alpha value is -2.68. The summed E-state index contributed by atoms with van der Waals surface area (Å²) < 4.78 is 0. The Morgan fingerprint density at radius 3 is 2.67 bits per heavy atom. The Labute approximate surface area is 123 Å². The highest BCUT2D eigenvalue weighted by Gasteiger charge is 2.14. The first-order chi connectivity index (χ1) is 10.3. The van der Waals surface area contributed by atoms with Gasteiger partial charge in [0.1, 0.15) is 0 Å². The second-order valence-electron chi connectivity index (χ2n) is 5.05. The predicted molar refractivity (Wildman–Crippen MR) is 84.0 cm³/mol. The summed E-state index contributed by atoms with van der Waals surface area (Å²) in [5, 5.41) is 2.07. The molecule has 0 saturated carbocycles. The zero-order valence-electron chi connectivity index (χ0n) is 11.9. The van der Waals surface area contributed by atoms with E-state index in [-0.39, 0.29) is 5.91 Å². The molecule has 0 N–H and O–H groups in total. The number of carbonyl (C=O) groups is 1. The molecule has 0 radical (unpaired) electrons. The molecule has 3 nitrogen and oxygen atoms in total. The summed E-state index contributed by atoms with van der Waals surface area (Å²) in [6, 6.07) is 17.6. The lowest BCUT2D eigenvalue weighted by Crippen LogP contribution is -2.26. The van der Waals surface area contributed by atoms with Gasteiger partial charge in [-0.2, -0.15) is 0 Å². The molecule has 0 aliphatic carbocycles. The molecule has 0 spiro atoms. The quantitative estimate of drug-likeness (QED) is 0.733. The van der Waals surface area contributed by atoms with E-state index in [1.165, 1.54) is 0 Å². The van der Waals surface area contributed by atoms with Gasteiger partial charge in [-0.3, -0.25) is 9.78 Å². The van der Waals surface area contributed by atoms with E-state index >= 15 is 0 Å². The number of benzene rings is 2. The van der Waals surface area contributed by atoms with Crippen molar-refractivity contribution in [3.8, 4) is 0 Å². The number of amides is 1. The van der Waals surface area contributed by atoms with Gasteiger partial charge in [-0.1, -0.05) is 42.5 Å². The van der Waals surface area contributed by atoms with Gasteiger partial charge in [-0.05, 0) is 28.5 Å². The van der Waals surface area contributed by atoms with Crippen LogP contribution in [-0.4, -0.2) is 22.8 Å². The third kappa shape index (κ3) is 2.77. The predicted octanol–water partition coefficient (Wildman–Crippen LogP) is 3.51. The van der Waals surface area contributed by atoms with Crippen molar-refractivity contribution in [3.63, 3.8) is 0 Å². The van der Waals surface area contributed by atoms with Gasteiger partial charge in [0.15, 0.2) is 0 Å². The fourth-order valence-corrected chi connectivity index (χ4v) is 2.45. The number of carbonyl (C=O) groups excluding carboxylic acids is 1. The van der Waals surface area contributed by atoms with Crippen molar-refractivity contribution in [1.82, 2.24) is 9.88 Å². The second kappa shape index (κ2) is 5.75. The van der Waals surface area contributed by atoms with Crippen LogP contribution >= 0.6 is 0 Å². The van der Waals surface area contributed by atoms with E-state index in [9.17, 15) is 4.79 Å². The molecule has 1 amide bonds. The molecule has 3 rings (SSSR count). The molecule has 104 valence electrons. The van der Waals surface area contributed by atoms with Crippen LogP contribution in [0.5, 0.6) is 0 Å². The molecule has 2 aromatic carbocycles. The number of fused-ring (bicyclic) bond motifs is 1. The third-order valence-electron chi connectivity index (χ3n) is 3.51. The van der Waals surface area contributed by atoms with Gasteiger partial charge < -0.3 is 4.90 Å². The maximum absolute atomic E-state index is 12.7. The number of hydrogen-bond donors (Lipinski definition) is 0. The van der Waals surface area contributed by atoms with Crippen molar-refractivity contribution in [2.75, 3.05) is 7.05 Å². The maximum Gasteiger partial charge on any atom is 0.254 e. The third-order valence-corrected chi connectivity index (χ3v) is 3.51. The summed E-state index contributed by atoms with van der Waals surface area (Å²) in [7, 11) is 1.82. The maximum atomic E-state index is 12.7. The molecule has 0 fully saturated rings. The van der Waals surface area contributed by atoms with Crippen LogP contribution in [0.1, 0.15) is 15.9 Å². The molecule has 21 heavy (non-hydrogen) atoms. The molecular formula is C18H16N2O. The number of pyridine rings is 1. The van der Waals surface area contributed by atoms with Crippen molar-refractivity contribution in [1.29, 1.82) is 0 Å². The minimum atomic E-state index is 0.0238. The molecule has 0 atom stereocenters. The minimum Gasteiger partial charge on any atom is -0.337 e. The molecule has 0 unspecified atom stereocenters. The number of aromatic nitrogens is 1. The molecule has 1 aromatic heterocycles. The summed E-state index contributed by atoms with van der Waals surface area (Å²) in [5.74, 6) is 0.0238. The van der Waals surface area contributed by atoms with Crippen LogP contribution in [0.3, 0.4) is 0 Å².